The van der Waals surface area contributed by atoms with Crippen molar-refractivity contribution in [3.05, 3.63) is 54.1 Å². The molecule has 1 saturated heterocycles. The number of aromatic nitrogens is 1. The highest BCUT2D eigenvalue weighted by Gasteiger charge is 2.23. The van der Waals surface area contributed by atoms with Gasteiger partial charge in [0.15, 0.2) is 0 Å². The number of piperidine rings is 1. The van der Waals surface area contributed by atoms with Crippen LogP contribution in [0.15, 0.2) is 42.7 Å². The molecule has 3 amide bonds. The Labute approximate surface area is 169 Å². The van der Waals surface area contributed by atoms with E-state index in [1.165, 1.54) is 12.1 Å². The molecule has 1 aliphatic heterocycles. The van der Waals surface area contributed by atoms with Crippen molar-refractivity contribution in [3.63, 3.8) is 0 Å². The van der Waals surface area contributed by atoms with Gasteiger partial charge in [-0.05, 0) is 49.1 Å². The molecule has 1 unspecified atom stereocenters. The van der Waals surface area contributed by atoms with Crippen LogP contribution in [-0.4, -0.2) is 47.6 Å². The van der Waals surface area contributed by atoms with E-state index in [2.05, 4.69) is 15.6 Å². The molecule has 2 N–H and O–H groups in total. The van der Waals surface area contributed by atoms with Crippen molar-refractivity contribution in [2.24, 2.45) is 0 Å². The molecule has 0 bridgehead atoms. The van der Waals surface area contributed by atoms with Crippen molar-refractivity contribution in [2.75, 3.05) is 25.0 Å². The normalized spacial score (nSPS) is 16.2. The van der Waals surface area contributed by atoms with Gasteiger partial charge in [-0.1, -0.05) is 0 Å². The van der Waals surface area contributed by atoms with E-state index in [1.807, 2.05) is 0 Å². The summed E-state index contributed by atoms with van der Waals surface area (Å²) in [4.78, 5) is 29.1. The first-order chi connectivity index (χ1) is 14.0. The summed E-state index contributed by atoms with van der Waals surface area (Å²) < 4.78 is 19.9. The zero-order valence-corrected chi connectivity index (χ0v) is 16.4. The quantitative estimate of drug-likeness (QED) is 0.781. The second-order valence-electron chi connectivity index (χ2n) is 7.01. The van der Waals surface area contributed by atoms with Gasteiger partial charge < -0.3 is 20.3 Å². The van der Waals surface area contributed by atoms with E-state index in [1.54, 1.807) is 42.4 Å². The second-order valence-corrected chi connectivity index (χ2v) is 7.01. The number of benzene rings is 1. The van der Waals surface area contributed by atoms with Gasteiger partial charge in [0.1, 0.15) is 17.7 Å². The molecule has 7 nitrogen and oxygen atoms in total. The number of anilines is 1. The Morgan fingerprint density at radius 3 is 2.97 bits per heavy atom. The first kappa shape index (κ1) is 20.6. The Balaban J connectivity index is 1.51. The summed E-state index contributed by atoms with van der Waals surface area (Å²) in [6.07, 6.45) is 5.17. The SMILES string of the molecule is CC(=O)N1CCCC(Oc2cc(F)cc(CCNC(=O)Nc3cccnc3)c2)C1. The number of halogens is 1. The molecule has 29 heavy (non-hydrogen) atoms. The maximum absolute atomic E-state index is 14.0. The summed E-state index contributed by atoms with van der Waals surface area (Å²) in [7, 11) is 0. The first-order valence-electron chi connectivity index (χ1n) is 9.66. The fraction of sp³-hybridized carbons (Fsp3) is 0.381. The standard InChI is InChI=1S/C21H25FN4O3/c1-15(27)26-9-3-5-19(14-26)29-20-11-16(10-17(22)12-20)6-8-24-21(28)25-18-4-2-7-23-13-18/h2,4,7,10-13,19H,3,5-6,8-9,14H2,1H3,(H2,24,25,28). The third kappa shape index (κ3) is 6.44. The molecule has 0 saturated carbocycles. The van der Waals surface area contributed by atoms with Gasteiger partial charge in [-0.3, -0.25) is 9.78 Å². The van der Waals surface area contributed by atoms with Crippen LogP contribution >= 0.6 is 0 Å². The maximum Gasteiger partial charge on any atom is 0.319 e. The predicted octanol–water partition coefficient (Wildman–Crippen LogP) is 2.97. The average Bonchev–Trinajstić information content (AvgIpc) is 2.68. The molecule has 0 spiro atoms. The highest BCUT2D eigenvalue weighted by molar-refractivity contribution is 5.88. The Morgan fingerprint density at radius 2 is 2.21 bits per heavy atom. The van der Waals surface area contributed by atoms with Crippen LogP contribution in [0.3, 0.4) is 0 Å². The molecule has 2 heterocycles. The fourth-order valence-electron chi connectivity index (χ4n) is 3.28. The van der Waals surface area contributed by atoms with E-state index >= 15 is 0 Å². The van der Waals surface area contributed by atoms with E-state index in [-0.39, 0.29) is 18.0 Å². The third-order valence-electron chi connectivity index (χ3n) is 4.68. The lowest BCUT2D eigenvalue weighted by atomic mass is 10.1. The highest BCUT2D eigenvalue weighted by atomic mass is 19.1. The van der Waals surface area contributed by atoms with Gasteiger partial charge in [-0.25, -0.2) is 9.18 Å². The molecule has 1 aromatic heterocycles. The molecule has 3 rings (SSSR count). The van der Waals surface area contributed by atoms with Crippen LogP contribution in [0.1, 0.15) is 25.3 Å². The van der Waals surface area contributed by atoms with E-state index in [9.17, 15) is 14.0 Å². The Kier molecular flexibility index (Phi) is 6.99. The van der Waals surface area contributed by atoms with Gasteiger partial charge in [-0.2, -0.15) is 0 Å². The van der Waals surface area contributed by atoms with Crippen molar-refractivity contribution in [3.8, 4) is 5.75 Å². The zero-order chi connectivity index (χ0) is 20.6. The smallest absolute Gasteiger partial charge is 0.319 e. The number of pyridine rings is 1. The number of urea groups is 1. The summed E-state index contributed by atoms with van der Waals surface area (Å²) in [6.45, 7) is 3.13. The van der Waals surface area contributed by atoms with Gasteiger partial charge in [0.25, 0.3) is 0 Å². The summed E-state index contributed by atoms with van der Waals surface area (Å²) >= 11 is 0. The largest absolute Gasteiger partial charge is 0.488 e. The first-order valence-corrected chi connectivity index (χ1v) is 9.66. The number of amides is 3. The number of ether oxygens (including phenoxy) is 1. The number of hydrogen-bond acceptors (Lipinski definition) is 4. The number of hydrogen-bond donors (Lipinski definition) is 2. The maximum atomic E-state index is 14.0. The lowest BCUT2D eigenvalue weighted by Crippen LogP contribution is -2.43. The van der Waals surface area contributed by atoms with Crippen molar-refractivity contribution < 1.29 is 18.7 Å². The average molecular weight is 400 g/mol. The van der Waals surface area contributed by atoms with Gasteiger partial charge in [-0.15, -0.1) is 0 Å². The van der Waals surface area contributed by atoms with Crippen LogP contribution in [0.2, 0.25) is 0 Å². The molecule has 1 aliphatic rings. The van der Waals surface area contributed by atoms with Crippen molar-refractivity contribution in [1.29, 1.82) is 0 Å². The van der Waals surface area contributed by atoms with Crippen molar-refractivity contribution in [2.45, 2.75) is 32.3 Å². The number of likely N-dealkylation sites (tertiary alicyclic amines) is 1. The summed E-state index contributed by atoms with van der Waals surface area (Å²) in [5, 5.41) is 5.41. The van der Waals surface area contributed by atoms with Crippen LogP contribution in [0.5, 0.6) is 5.75 Å². The Hall–Kier alpha value is -3.16. The molecule has 1 aromatic carbocycles. The number of carbonyl (C=O) groups is 2. The van der Waals surface area contributed by atoms with E-state index < -0.39 is 5.82 Å². The number of carbonyl (C=O) groups excluding carboxylic acids is 2. The van der Waals surface area contributed by atoms with Gasteiger partial charge >= 0.3 is 6.03 Å². The van der Waals surface area contributed by atoms with Gasteiger partial charge in [0.2, 0.25) is 5.91 Å². The minimum absolute atomic E-state index is 0.0221. The fourth-order valence-corrected chi connectivity index (χ4v) is 3.28. The van der Waals surface area contributed by atoms with Crippen LogP contribution in [0.25, 0.3) is 0 Å². The minimum Gasteiger partial charge on any atom is -0.488 e. The van der Waals surface area contributed by atoms with Gasteiger partial charge in [0, 0.05) is 32.3 Å². The molecule has 0 aliphatic carbocycles. The monoisotopic (exact) mass is 400 g/mol. The van der Waals surface area contributed by atoms with Crippen molar-refractivity contribution >= 4 is 17.6 Å². The summed E-state index contributed by atoms with van der Waals surface area (Å²) in [6, 6.07) is 7.66. The zero-order valence-electron chi connectivity index (χ0n) is 16.4. The summed E-state index contributed by atoms with van der Waals surface area (Å²) in [5.74, 6) is 0.0700. The van der Waals surface area contributed by atoms with Crippen molar-refractivity contribution in [1.82, 2.24) is 15.2 Å². The van der Waals surface area contributed by atoms with Gasteiger partial charge in [0.05, 0.1) is 18.4 Å². The Bertz CT molecular complexity index is 847. The molecule has 2 aromatic rings. The molecule has 0 radical (unpaired) electrons. The number of rotatable bonds is 6. The highest BCUT2D eigenvalue weighted by Crippen LogP contribution is 2.22. The van der Waals surface area contributed by atoms with E-state index in [0.717, 1.165) is 24.9 Å². The number of nitrogens with one attached hydrogen (secondary N) is 2. The van der Waals surface area contributed by atoms with E-state index in [0.29, 0.717) is 30.9 Å². The van der Waals surface area contributed by atoms with Crippen LogP contribution in [-0.2, 0) is 11.2 Å². The third-order valence-corrected chi connectivity index (χ3v) is 4.68. The second kappa shape index (κ2) is 9.86. The molecular formula is C21H25FN4O3. The molecule has 1 fully saturated rings. The van der Waals surface area contributed by atoms with Crippen LogP contribution < -0.4 is 15.4 Å². The molecular weight excluding hydrogens is 375 g/mol. The number of nitrogens with zero attached hydrogens (tertiary/aromatic N) is 2. The van der Waals surface area contributed by atoms with Crippen LogP contribution in [0, 0.1) is 5.82 Å². The van der Waals surface area contributed by atoms with E-state index in [4.69, 9.17) is 4.74 Å². The molecule has 154 valence electrons. The molecule has 1 atom stereocenters. The summed E-state index contributed by atoms with van der Waals surface area (Å²) in [5.41, 5.74) is 1.32. The lowest BCUT2D eigenvalue weighted by Gasteiger charge is -2.32. The van der Waals surface area contributed by atoms with Crippen LogP contribution in [0.4, 0.5) is 14.9 Å². The Morgan fingerprint density at radius 1 is 1.34 bits per heavy atom. The lowest BCUT2D eigenvalue weighted by molar-refractivity contribution is -0.131. The molecule has 8 heteroatoms. The predicted molar refractivity (Wildman–Crippen MR) is 107 cm³/mol. The topological polar surface area (TPSA) is 83.6 Å². The minimum atomic E-state index is -0.392.